The van der Waals surface area contributed by atoms with Crippen molar-refractivity contribution in [1.29, 1.82) is 0 Å². The molecule has 304 valence electrons. The number of anilines is 3. The third-order valence-electron chi connectivity index (χ3n) is 13.1. The molecule has 0 saturated heterocycles. The van der Waals surface area contributed by atoms with Crippen molar-refractivity contribution in [3.8, 4) is 44.5 Å². The van der Waals surface area contributed by atoms with Crippen molar-refractivity contribution in [2.24, 2.45) is 0 Å². The van der Waals surface area contributed by atoms with E-state index in [9.17, 15) is 0 Å². The Morgan fingerprint density at radius 1 is 0.262 bits per heavy atom. The minimum absolute atomic E-state index is 0.893. The molecule has 0 bridgehead atoms. The summed E-state index contributed by atoms with van der Waals surface area (Å²) in [6.45, 7) is 0. The lowest BCUT2D eigenvalue weighted by atomic mass is 9.88. The highest BCUT2D eigenvalue weighted by molar-refractivity contribution is 6.23. The molecule has 0 N–H and O–H groups in total. The van der Waals surface area contributed by atoms with Crippen LogP contribution in [0.2, 0.25) is 0 Å². The molecule has 13 rings (SSSR count). The third kappa shape index (κ3) is 6.05. The molecule has 0 unspecified atom stereocenters. The van der Waals surface area contributed by atoms with E-state index in [1.165, 1.54) is 38.2 Å². The molecule has 65 heavy (non-hydrogen) atoms. The summed E-state index contributed by atoms with van der Waals surface area (Å²) in [4.78, 5) is 2.45. The zero-order valence-electron chi connectivity index (χ0n) is 35.3. The molecule has 0 atom stereocenters. The van der Waals surface area contributed by atoms with Crippen LogP contribution in [0.4, 0.5) is 17.1 Å². The predicted octanol–water partition coefficient (Wildman–Crippen LogP) is 17.9. The van der Waals surface area contributed by atoms with Gasteiger partial charge in [-0.05, 0) is 86.4 Å². The Kier molecular flexibility index (Phi) is 8.53. The van der Waals surface area contributed by atoms with E-state index in [-0.39, 0.29) is 0 Å². The zero-order chi connectivity index (χ0) is 42.8. The Hall–Kier alpha value is -8.66. The van der Waals surface area contributed by atoms with E-state index >= 15 is 0 Å². The second kappa shape index (κ2) is 15.0. The SMILES string of the molecule is c1ccc(-c2cccc(-c3c(N(c4ccc(-c5cccc6c5oc5ccccc56)cc4)c4ccc(-c5cccc6c5oc5ccccc56)cc4)c4ccccc4c4ccccc34)c2)cc1. The number of nitrogens with zero attached hydrogens (tertiary/aromatic N) is 1. The van der Waals surface area contributed by atoms with Gasteiger partial charge in [0.05, 0.1) is 5.69 Å². The van der Waals surface area contributed by atoms with E-state index in [4.69, 9.17) is 8.83 Å². The van der Waals surface area contributed by atoms with Crippen LogP contribution in [0.25, 0.3) is 110 Å². The van der Waals surface area contributed by atoms with Crippen LogP contribution in [0.1, 0.15) is 0 Å². The fourth-order valence-electron chi connectivity index (χ4n) is 10.1. The van der Waals surface area contributed by atoms with Crippen molar-refractivity contribution < 1.29 is 8.83 Å². The van der Waals surface area contributed by atoms with Crippen LogP contribution in [0, 0.1) is 0 Å². The minimum Gasteiger partial charge on any atom is -0.455 e. The Labute approximate surface area is 375 Å². The number of furan rings is 2. The van der Waals surface area contributed by atoms with Crippen molar-refractivity contribution in [2.45, 2.75) is 0 Å². The van der Waals surface area contributed by atoms with Crippen LogP contribution in [0.3, 0.4) is 0 Å². The molecule has 0 aliphatic rings. The topological polar surface area (TPSA) is 29.5 Å². The van der Waals surface area contributed by atoms with E-state index < -0.39 is 0 Å². The van der Waals surface area contributed by atoms with Crippen LogP contribution >= 0.6 is 0 Å². The van der Waals surface area contributed by atoms with E-state index in [1.54, 1.807) is 0 Å². The maximum Gasteiger partial charge on any atom is 0.143 e. The molecule has 13 aromatic rings. The largest absolute Gasteiger partial charge is 0.455 e. The maximum absolute atomic E-state index is 6.52. The van der Waals surface area contributed by atoms with E-state index in [0.29, 0.717) is 0 Å². The van der Waals surface area contributed by atoms with Gasteiger partial charge in [0.25, 0.3) is 0 Å². The molecule has 11 aromatic carbocycles. The van der Waals surface area contributed by atoms with Crippen molar-refractivity contribution >= 4 is 82.5 Å². The second-order valence-corrected chi connectivity index (χ2v) is 16.8. The summed E-state index contributed by atoms with van der Waals surface area (Å²) in [5.41, 5.74) is 15.8. The number of rotatable bonds is 7. The van der Waals surface area contributed by atoms with Crippen LogP contribution in [0.5, 0.6) is 0 Å². The molecule has 0 amide bonds. The molecule has 0 aliphatic heterocycles. The summed E-state index contributed by atoms with van der Waals surface area (Å²) >= 11 is 0. The molecular formula is C62H39NO2. The quantitative estimate of drug-likeness (QED) is 0.150. The normalized spacial score (nSPS) is 11.7. The van der Waals surface area contributed by atoms with Gasteiger partial charge >= 0.3 is 0 Å². The van der Waals surface area contributed by atoms with Gasteiger partial charge in [-0.25, -0.2) is 0 Å². The monoisotopic (exact) mass is 829 g/mol. The van der Waals surface area contributed by atoms with E-state index in [0.717, 1.165) is 88.8 Å². The van der Waals surface area contributed by atoms with Gasteiger partial charge in [0.15, 0.2) is 0 Å². The van der Waals surface area contributed by atoms with Gasteiger partial charge in [0.1, 0.15) is 22.3 Å². The van der Waals surface area contributed by atoms with Crippen LogP contribution in [0.15, 0.2) is 245 Å². The summed E-state index contributed by atoms with van der Waals surface area (Å²) in [6.07, 6.45) is 0. The number of fused-ring (bicyclic) bond motifs is 9. The molecule has 3 heteroatoms. The van der Waals surface area contributed by atoms with Gasteiger partial charge in [0.2, 0.25) is 0 Å². The zero-order valence-corrected chi connectivity index (χ0v) is 35.3. The van der Waals surface area contributed by atoms with E-state index in [2.05, 4.69) is 217 Å². The third-order valence-corrected chi connectivity index (χ3v) is 13.1. The summed E-state index contributed by atoms with van der Waals surface area (Å²) in [6, 6.07) is 84.8. The fraction of sp³-hybridized carbons (Fsp3) is 0. The molecule has 3 nitrogen and oxygen atoms in total. The Balaban J connectivity index is 1.05. The molecule has 0 saturated carbocycles. The Morgan fingerprint density at radius 3 is 1.25 bits per heavy atom. The molecular weight excluding hydrogens is 791 g/mol. The highest BCUT2D eigenvalue weighted by Crippen LogP contribution is 2.50. The van der Waals surface area contributed by atoms with Crippen LogP contribution < -0.4 is 4.90 Å². The van der Waals surface area contributed by atoms with Crippen molar-refractivity contribution in [3.63, 3.8) is 0 Å². The number of hydrogen-bond acceptors (Lipinski definition) is 3. The summed E-state index contributed by atoms with van der Waals surface area (Å²) in [5, 5.41) is 9.26. The predicted molar refractivity (Wildman–Crippen MR) is 272 cm³/mol. The van der Waals surface area contributed by atoms with Crippen molar-refractivity contribution in [2.75, 3.05) is 4.90 Å². The lowest BCUT2D eigenvalue weighted by Crippen LogP contribution is -2.12. The fourth-order valence-corrected chi connectivity index (χ4v) is 10.1. The summed E-state index contributed by atoms with van der Waals surface area (Å²) in [5.74, 6) is 0. The first-order valence-corrected chi connectivity index (χ1v) is 22.2. The average molecular weight is 830 g/mol. The van der Waals surface area contributed by atoms with Crippen molar-refractivity contribution in [1.82, 2.24) is 0 Å². The van der Waals surface area contributed by atoms with Gasteiger partial charge in [0, 0.05) is 55.0 Å². The van der Waals surface area contributed by atoms with Gasteiger partial charge in [-0.15, -0.1) is 0 Å². The van der Waals surface area contributed by atoms with Crippen LogP contribution in [-0.4, -0.2) is 0 Å². The van der Waals surface area contributed by atoms with Crippen LogP contribution in [-0.2, 0) is 0 Å². The second-order valence-electron chi connectivity index (χ2n) is 16.8. The number of hydrogen-bond donors (Lipinski definition) is 0. The minimum atomic E-state index is 0.893. The average Bonchev–Trinajstić information content (AvgIpc) is 3.96. The van der Waals surface area contributed by atoms with Gasteiger partial charge in [-0.3, -0.25) is 0 Å². The molecule has 0 aliphatic carbocycles. The Morgan fingerprint density at radius 2 is 0.677 bits per heavy atom. The van der Waals surface area contributed by atoms with Gasteiger partial charge < -0.3 is 13.7 Å². The molecule has 0 spiro atoms. The lowest BCUT2D eigenvalue weighted by Gasteiger charge is -2.31. The Bertz CT molecular complexity index is 3780. The first-order chi connectivity index (χ1) is 32.2. The first kappa shape index (κ1) is 36.9. The highest BCUT2D eigenvalue weighted by Gasteiger charge is 2.25. The standard InChI is InChI=1S/C62H39NO2/c1-2-15-40(16-3-1)43-17-12-18-44(39-43)59-53-23-6-4-19-49(53)50-20-5-7-24-54(50)60(59)63(45-35-31-41(32-36-45)47-25-13-27-55-51-21-8-10-29-57(51)64-61(47)55)46-37-33-42(34-38-46)48-26-14-28-56-52-22-9-11-30-58(52)65-62(48)56/h1-39H. The summed E-state index contributed by atoms with van der Waals surface area (Å²) in [7, 11) is 0. The summed E-state index contributed by atoms with van der Waals surface area (Å²) < 4.78 is 13.0. The smallest absolute Gasteiger partial charge is 0.143 e. The molecule has 0 radical (unpaired) electrons. The van der Waals surface area contributed by atoms with Gasteiger partial charge in [-0.1, -0.05) is 194 Å². The number of benzene rings is 11. The highest BCUT2D eigenvalue weighted by atomic mass is 16.3. The lowest BCUT2D eigenvalue weighted by molar-refractivity contribution is 0.669. The van der Waals surface area contributed by atoms with Gasteiger partial charge in [-0.2, -0.15) is 0 Å². The molecule has 2 aromatic heterocycles. The first-order valence-electron chi connectivity index (χ1n) is 22.2. The van der Waals surface area contributed by atoms with Crippen molar-refractivity contribution in [3.05, 3.63) is 237 Å². The molecule has 0 fully saturated rings. The molecule has 2 heterocycles. The maximum atomic E-state index is 6.52. The number of para-hydroxylation sites is 4. The van der Waals surface area contributed by atoms with E-state index in [1.807, 2.05) is 24.3 Å².